The molecule has 0 amide bonds. The Labute approximate surface area is 119 Å². The molecule has 0 radical (unpaired) electrons. The highest BCUT2D eigenvalue weighted by Crippen LogP contribution is 2.35. The predicted molar refractivity (Wildman–Crippen MR) is 81.3 cm³/mol. The maximum absolute atomic E-state index is 12.6. The van der Waals surface area contributed by atoms with Gasteiger partial charge in [-0.15, -0.1) is 10.9 Å². The first-order chi connectivity index (χ1) is 9.04. The van der Waals surface area contributed by atoms with Gasteiger partial charge in [0, 0.05) is 6.54 Å². The molecule has 0 N–H and O–H groups in total. The molecule has 1 aliphatic heterocycles. The molecule has 0 aromatic heterocycles. The Morgan fingerprint density at radius 2 is 2.11 bits per heavy atom. The Bertz CT molecular complexity index is 431. The molecule has 1 unspecified atom stereocenters. The van der Waals surface area contributed by atoms with E-state index in [4.69, 9.17) is 0 Å². The van der Waals surface area contributed by atoms with Crippen LogP contribution in [0, 0.1) is 12.3 Å². The van der Waals surface area contributed by atoms with Crippen LogP contribution in [0.4, 0.5) is 0 Å². The van der Waals surface area contributed by atoms with Gasteiger partial charge in [-0.3, -0.25) is 0 Å². The summed E-state index contributed by atoms with van der Waals surface area (Å²) in [5.74, 6) is 0. The zero-order valence-electron chi connectivity index (χ0n) is 11.9. The van der Waals surface area contributed by atoms with Gasteiger partial charge in [0.1, 0.15) is 0 Å². The smallest absolute Gasteiger partial charge is 0.174 e. The number of hydrogen-bond acceptors (Lipinski definition) is 2. The van der Waals surface area contributed by atoms with Crippen molar-refractivity contribution < 1.29 is 4.55 Å². The highest BCUT2D eigenvalue weighted by atomic mass is 32.2. The summed E-state index contributed by atoms with van der Waals surface area (Å²) in [7, 11) is 0. The Kier molecular flexibility index (Phi) is 4.71. The second kappa shape index (κ2) is 6.12. The Hall–Kier alpha value is -0.770. The molecule has 0 aliphatic carbocycles. The topological polar surface area (TPSA) is 26.3 Å². The second-order valence-electron chi connectivity index (χ2n) is 5.83. The molecular formula is C16H23NOS. The third-order valence-electron chi connectivity index (χ3n) is 3.84. The molecule has 104 valence electrons. The molecule has 1 fully saturated rings. The summed E-state index contributed by atoms with van der Waals surface area (Å²) in [4.78, 5) is 0.911. The minimum absolute atomic E-state index is 0.223. The lowest BCUT2D eigenvalue weighted by Crippen LogP contribution is -2.44. The molecule has 2 atom stereocenters. The summed E-state index contributed by atoms with van der Waals surface area (Å²) < 4.78 is 14.7. The summed E-state index contributed by atoms with van der Waals surface area (Å²) in [6, 6.07) is 8.01. The van der Waals surface area contributed by atoms with Crippen molar-refractivity contribution in [3.8, 4) is 0 Å². The molecule has 1 saturated heterocycles. The third kappa shape index (κ3) is 3.62. The van der Waals surface area contributed by atoms with Gasteiger partial charge in [0.25, 0.3) is 0 Å². The lowest BCUT2D eigenvalue weighted by molar-refractivity contribution is 0.169. The maximum Gasteiger partial charge on any atom is 0.174 e. The van der Waals surface area contributed by atoms with Crippen LogP contribution in [-0.2, 0) is 11.4 Å². The number of hydrogen-bond donors (Lipinski definition) is 0. The van der Waals surface area contributed by atoms with Gasteiger partial charge < -0.3 is 4.55 Å². The number of rotatable bonds is 4. The highest BCUT2D eigenvalue weighted by Gasteiger charge is 2.35. The van der Waals surface area contributed by atoms with Gasteiger partial charge in [-0.05, 0) is 43.7 Å². The molecule has 0 spiro atoms. The van der Waals surface area contributed by atoms with Crippen molar-refractivity contribution in [2.24, 2.45) is 5.41 Å². The van der Waals surface area contributed by atoms with Gasteiger partial charge in [-0.1, -0.05) is 30.7 Å². The monoisotopic (exact) mass is 277 g/mol. The molecule has 0 bridgehead atoms. The maximum atomic E-state index is 12.6. The van der Waals surface area contributed by atoms with Gasteiger partial charge in [0.2, 0.25) is 0 Å². The lowest BCUT2D eigenvalue weighted by Gasteiger charge is -2.39. The second-order valence-corrected chi connectivity index (χ2v) is 7.32. The van der Waals surface area contributed by atoms with Crippen LogP contribution >= 0.6 is 0 Å². The average Bonchev–Trinajstić information content (AvgIpc) is 2.39. The van der Waals surface area contributed by atoms with Crippen LogP contribution in [0.25, 0.3) is 0 Å². The molecule has 0 saturated carbocycles. The van der Waals surface area contributed by atoms with E-state index in [9.17, 15) is 4.55 Å². The first-order valence-corrected chi connectivity index (χ1v) is 7.99. The summed E-state index contributed by atoms with van der Waals surface area (Å²) in [5.41, 5.74) is 1.43. The van der Waals surface area contributed by atoms with E-state index in [2.05, 4.69) is 24.7 Å². The minimum Gasteiger partial charge on any atom is -0.593 e. The van der Waals surface area contributed by atoms with E-state index >= 15 is 0 Å². The van der Waals surface area contributed by atoms with Crippen LogP contribution in [-0.4, -0.2) is 21.9 Å². The Morgan fingerprint density at radius 3 is 2.74 bits per heavy atom. The van der Waals surface area contributed by atoms with Gasteiger partial charge in [-0.2, -0.15) is 0 Å². The number of allylic oxidation sites excluding steroid dienone is 1. The van der Waals surface area contributed by atoms with Crippen LogP contribution in [0.1, 0.15) is 31.7 Å². The van der Waals surface area contributed by atoms with Crippen molar-refractivity contribution in [2.75, 3.05) is 13.1 Å². The highest BCUT2D eigenvalue weighted by molar-refractivity contribution is 7.89. The van der Waals surface area contributed by atoms with Crippen molar-refractivity contribution in [3.63, 3.8) is 0 Å². The van der Waals surface area contributed by atoms with Crippen molar-refractivity contribution >= 4 is 11.4 Å². The zero-order valence-corrected chi connectivity index (χ0v) is 12.7. The molecule has 2 nitrogen and oxygen atoms in total. The van der Waals surface area contributed by atoms with Crippen LogP contribution in [0.5, 0.6) is 0 Å². The van der Waals surface area contributed by atoms with E-state index < -0.39 is 11.4 Å². The van der Waals surface area contributed by atoms with Crippen LogP contribution in [0.15, 0.2) is 41.8 Å². The van der Waals surface area contributed by atoms with E-state index in [-0.39, 0.29) is 5.41 Å². The Balaban J connectivity index is 2.08. The van der Waals surface area contributed by atoms with Gasteiger partial charge >= 0.3 is 0 Å². The standard InChI is InChI=1S/C16H23NOS/c1-4-10-16(3)11-5-12-17(13-16)19(18)15-8-6-14(2)7-9-15/h4,6-9H,1,5,10-13H2,2-3H3/t16-,19?/m1/s1. The lowest BCUT2D eigenvalue weighted by atomic mass is 9.80. The zero-order chi connectivity index (χ0) is 13.9. The fourth-order valence-electron chi connectivity index (χ4n) is 2.73. The third-order valence-corrected chi connectivity index (χ3v) is 5.30. The Morgan fingerprint density at radius 1 is 1.42 bits per heavy atom. The molecule has 1 aromatic carbocycles. The van der Waals surface area contributed by atoms with Crippen LogP contribution in [0.2, 0.25) is 0 Å². The molecule has 2 rings (SSSR count). The molecule has 3 heteroatoms. The van der Waals surface area contributed by atoms with E-state index in [0.29, 0.717) is 0 Å². The average molecular weight is 277 g/mol. The van der Waals surface area contributed by atoms with Crippen molar-refractivity contribution in [2.45, 2.75) is 38.0 Å². The van der Waals surface area contributed by atoms with E-state index in [0.717, 1.165) is 30.8 Å². The van der Waals surface area contributed by atoms with Crippen molar-refractivity contribution in [3.05, 3.63) is 42.5 Å². The number of piperidine rings is 1. The minimum atomic E-state index is -1.03. The molecule has 1 aliphatic rings. The molecule has 1 aromatic rings. The van der Waals surface area contributed by atoms with Crippen molar-refractivity contribution in [1.29, 1.82) is 0 Å². The number of aryl methyl sites for hydroxylation is 1. The molecule has 1 heterocycles. The largest absolute Gasteiger partial charge is 0.593 e. The first kappa shape index (κ1) is 14.6. The van der Waals surface area contributed by atoms with E-state index in [1.807, 2.05) is 30.3 Å². The van der Waals surface area contributed by atoms with E-state index in [1.165, 1.54) is 12.0 Å². The normalized spacial score (nSPS) is 26.1. The van der Waals surface area contributed by atoms with Gasteiger partial charge in [0.15, 0.2) is 4.90 Å². The summed E-state index contributed by atoms with van der Waals surface area (Å²) in [5, 5.41) is 0. The molecular weight excluding hydrogens is 254 g/mol. The summed E-state index contributed by atoms with van der Waals surface area (Å²) in [6.45, 7) is 9.98. The van der Waals surface area contributed by atoms with E-state index in [1.54, 1.807) is 0 Å². The van der Waals surface area contributed by atoms with Gasteiger partial charge in [-0.25, -0.2) is 0 Å². The first-order valence-electron chi connectivity index (χ1n) is 6.88. The number of benzene rings is 1. The van der Waals surface area contributed by atoms with Crippen LogP contribution in [0.3, 0.4) is 0 Å². The fourth-order valence-corrected chi connectivity index (χ4v) is 4.12. The summed E-state index contributed by atoms with van der Waals surface area (Å²) >= 11 is -1.03. The molecule has 19 heavy (non-hydrogen) atoms. The predicted octanol–water partition coefficient (Wildman–Crippen LogP) is 3.70. The number of nitrogens with zero attached hydrogens (tertiary/aromatic N) is 1. The van der Waals surface area contributed by atoms with Crippen molar-refractivity contribution in [1.82, 2.24) is 4.31 Å². The fraction of sp³-hybridized carbons (Fsp3) is 0.500. The summed E-state index contributed by atoms with van der Waals surface area (Å²) in [6.07, 6.45) is 5.29. The SMILES string of the molecule is C=CC[C@]1(C)CCCN([S+]([O-])c2ccc(C)cc2)C1. The van der Waals surface area contributed by atoms with Gasteiger partial charge in [0.05, 0.1) is 17.9 Å². The quantitative estimate of drug-likeness (QED) is 0.619. The van der Waals surface area contributed by atoms with Crippen LogP contribution < -0.4 is 0 Å².